The number of rotatable bonds is 8. The number of anilines is 1. The molecule has 0 saturated heterocycles. The van der Waals surface area contributed by atoms with Crippen molar-refractivity contribution in [3.05, 3.63) is 48.0 Å². The molecule has 5 heteroatoms. The lowest BCUT2D eigenvalue weighted by atomic mass is 10.1. The summed E-state index contributed by atoms with van der Waals surface area (Å²) in [7, 11) is 0. The Morgan fingerprint density at radius 3 is 2.72 bits per heavy atom. The first-order valence-corrected chi connectivity index (χ1v) is 8.66. The summed E-state index contributed by atoms with van der Waals surface area (Å²) in [5.41, 5.74) is 2.03. The summed E-state index contributed by atoms with van der Waals surface area (Å²) >= 11 is 0. The van der Waals surface area contributed by atoms with Crippen molar-refractivity contribution in [3.8, 4) is 17.2 Å². The van der Waals surface area contributed by atoms with Crippen molar-refractivity contribution in [2.45, 2.75) is 32.6 Å². The minimum atomic E-state index is -0.0410. The van der Waals surface area contributed by atoms with Crippen LogP contribution >= 0.6 is 0 Å². The maximum Gasteiger partial charge on any atom is 0.231 e. The number of amides is 1. The van der Waals surface area contributed by atoms with Crippen molar-refractivity contribution >= 4 is 11.6 Å². The van der Waals surface area contributed by atoms with Gasteiger partial charge in [-0.1, -0.05) is 25.5 Å². The largest absolute Gasteiger partial charge is 0.494 e. The lowest BCUT2D eigenvalue weighted by molar-refractivity contribution is -0.116. The fraction of sp³-hybridized carbons (Fsp3) is 0.350. The predicted molar refractivity (Wildman–Crippen MR) is 96.4 cm³/mol. The van der Waals surface area contributed by atoms with Gasteiger partial charge in [-0.2, -0.15) is 0 Å². The second kappa shape index (κ2) is 8.42. The van der Waals surface area contributed by atoms with Crippen LogP contribution in [-0.4, -0.2) is 19.3 Å². The third kappa shape index (κ3) is 4.89. The highest BCUT2D eigenvalue weighted by Crippen LogP contribution is 2.34. The first kappa shape index (κ1) is 17.1. The number of carbonyl (C=O) groups is 1. The van der Waals surface area contributed by atoms with Gasteiger partial charge >= 0.3 is 0 Å². The molecule has 0 aromatic heterocycles. The van der Waals surface area contributed by atoms with Crippen LogP contribution in [0.25, 0.3) is 0 Å². The SMILES string of the molecule is CCCc1ccc(OCCCC(=O)Nc2ccc3c(c2)OCO3)cc1. The molecule has 0 aliphatic carbocycles. The van der Waals surface area contributed by atoms with E-state index in [1.165, 1.54) is 5.56 Å². The first-order chi connectivity index (χ1) is 12.2. The van der Waals surface area contributed by atoms with Crippen LogP contribution in [0.1, 0.15) is 31.7 Å². The summed E-state index contributed by atoms with van der Waals surface area (Å²) in [6, 6.07) is 13.5. The standard InChI is InChI=1S/C20H23NO4/c1-2-4-15-6-9-17(10-7-15)23-12-3-5-20(22)21-16-8-11-18-19(13-16)25-14-24-18/h6-11,13H,2-5,12,14H2,1H3,(H,21,22). The van der Waals surface area contributed by atoms with Gasteiger partial charge < -0.3 is 19.5 Å². The molecule has 2 aromatic rings. The topological polar surface area (TPSA) is 56.8 Å². The van der Waals surface area contributed by atoms with Gasteiger partial charge in [0.1, 0.15) is 5.75 Å². The van der Waals surface area contributed by atoms with Gasteiger partial charge in [0, 0.05) is 18.2 Å². The third-order valence-corrected chi connectivity index (χ3v) is 3.94. The van der Waals surface area contributed by atoms with E-state index < -0.39 is 0 Å². The Hall–Kier alpha value is -2.69. The van der Waals surface area contributed by atoms with Crippen molar-refractivity contribution in [2.75, 3.05) is 18.7 Å². The third-order valence-electron chi connectivity index (χ3n) is 3.94. The van der Waals surface area contributed by atoms with Gasteiger partial charge in [0.05, 0.1) is 6.61 Å². The Balaban J connectivity index is 1.38. The first-order valence-electron chi connectivity index (χ1n) is 8.66. The molecule has 25 heavy (non-hydrogen) atoms. The van der Waals surface area contributed by atoms with Crippen LogP contribution in [0.5, 0.6) is 17.2 Å². The second-order valence-electron chi connectivity index (χ2n) is 5.96. The molecule has 0 bridgehead atoms. The van der Waals surface area contributed by atoms with Crippen LogP contribution in [0.3, 0.4) is 0 Å². The summed E-state index contributed by atoms with van der Waals surface area (Å²) in [5, 5.41) is 2.86. The van der Waals surface area contributed by atoms with Gasteiger partial charge in [-0.15, -0.1) is 0 Å². The van der Waals surface area contributed by atoms with Crippen LogP contribution in [-0.2, 0) is 11.2 Å². The lowest BCUT2D eigenvalue weighted by Crippen LogP contribution is -2.12. The van der Waals surface area contributed by atoms with Gasteiger partial charge in [-0.3, -0.25) is 4.79 Å². The van der Waals surface area contributed by atoms with E-state index in [1.807, 2.05) is 12.1 Å². The number of benzene rings is 2. The Morgan fingerprint density at radius 1 is 1.12 bits per heavy atom. The number of nitrogens with one attached hydrogen (secondary N) is 1. The molecule has 1 aliphatic rings. The molecule has 5 nitrogen and oxygen atoms in total. The van der Waals surface area contributed by atoms with Crippen molar-refractivity contribution < 1.29 is 19.0 Å². The Kier molecular flexibility index (Phi) is 5.77. The minimum absolute atomic E-state index is 0.0410. The molecule has 2 aromatic carbocycles. The van der Waals surface area contributed by atoms with Crippen molar-refractivity contribution in [3.63, 3.8) is 0 Å². The highest BCUT2D eigenvalue weighted by molar-refractivity contribution is 5.91. The van der Waals surface area contributed by atoms with Crippen molar-refractivity contribution in [1.29, 1.82) is 0 Å². The Morgan fingerprint density at radius 2 is 1.92 bits per heavy atom. The molecule has 0 unspecified atom stereocenters. The monoisotopic (exact) mass is 341 g/mol. The molecular formula is C20H23NO4. The number of fused-ring (bicyclic) bond motifs is 1. The zero-order valence-electron chi connectivity index (χ0n) is 14.4. The van der Waals surface area contributed by atoms with E-state index in [0.29, 0.717) is 36.6 Å². The maximum absolute atomic E-state index is 12.0. The average Bonchev–Trinajstić information content (AvgIpc) is 3.08. The Labute approximate surface area is 147 Å². The molecule has 0 spiro atoms. The molecular weight excluding hydrogens is 318 g/mol. The van der Waals surface area contributed by atoms with Crippen LogP contribution in [0.15, 0.2) is 42.5 Å². The van der Waals surface area contributed by atoms with Crippen LogP contribution < -0.4 is 19.5 Å². The van der Waals surface area contributed by atoms with E-state index in [9.17, 15) is 4.79 Å². The van der Waals surface area contributed by atoms with Crippen LogP contribution in [0.4, 0.5) is 5.69 Å². The molecule has 0 fully saturated rings. The second-order valence-corrected chi connectivity index (χ2v) is 5.96. The molecule has 132 valence electrons. The van der Waals surface area contributed by atoms with Crippen molar-refractivity contribution in [2.24, 2.45) is 0 Å². The lowest BCUT2D eigenvalue weighted by Gasteiger charge is -2.08. The number of hydrogen-bond donors (Lipinski definition) is 1. The van der Waals surface area contributed by atoms with E-state index in [4.69, 9.17) is 14.2 Å². The van der Waals surface area contributed by atoms with Gasteiger partial charge in [0.15, 0.2) is 11.5 Å². The van der Waals surface area contributed by atoms with Gasteiger partial charge in [0.25, 0.3) is 0 Å². The number of carbonyl (C=O) groups excluding carboxylic acids is 1. The molecule has 1 heterocycles. The molecule has 0 saturated carbocycles. The van der Waals surface area contributed by atoms with Crippen molar-refractivity contribution in [1.82, 2.24) is 0 Å². The molecule has 0 radical (unpaired) electrons. The summed E-state index contributed by atoms with van der Waals surface area (Å²) in [6.07, 6.45) is 3.29. The Bertz CT molecular complexity index is 712. The quantitative estimate of drug-likeness (QED) is 0.732. The van der Waals surface area contributed by atoms with E-state index in [1.54, 1.807) is 18.2 Å². The smallest absolute Gasteiger partial charge is 0.231 e. The summed E-state index contributed by atoms with van der Waals surface area (Å²) in [5.74, 6) is 2.17. The zero-order chi connectivity index (χ0) is 17.5. The normalized spacial score (nSPS) is 12.0. The van der Waals surface area contributed by atoms with E-state index in [0.717, 1.165) is 18.6 Å². The van der Waals surface area contributed by atoms with E-state index in [-0.39, 0.29) is 12.7 Å². The number of aryl methyl sites for hydroxylation is 1. The molecule has 3 rings (SSSR count). The average molecular weight is 341 g/mol. The molecule has 1 aliphatic heterocycles. The molecule has 0 atom stereocenters. The van der Waals surface area contributed by atoms with Crippen LogP contribution in [0, 0.1) is 0 Å². The highest BCUT2D eigenvalue weighted by atomic mass is 16.7. The van der Waals surface area contributed by atoms with Crippen LogP contribution in [0.2, 0.25) is 0 Å². The van der Waals surface area contributed by atoms with Gasteiger partial charge in [0.2, 0.25) is 12.7 Å². The van der Waals surface area contributed by atoms with Gasteiger partial charge in [-0.05, 0) is 42.7 Å². The maximum atomic E-state index is 12.0. The zero-order valence-corrected chi connectivity index (χ0v) is 14.4. The predicted octanol–water partition coefficient (Wildman–Crippen LogP) is 4.17. The fourth-order valence-corrected chi connectivity index (χ4v) is 2.66. The van der Waals surface area contributed by atoms with E-state index in [2.05, 4.69) is 24.4 Å². The number of hydrogen-bond acceptors (Lipinski definition) is 4. The van der Waals surface area contributed by atoms with Gasteiger partial charge in [-0.25, -0.2) is 0 Å². The summed E-state index contributed by atoms with van der Waals surface area (Å²) < 4.78 is 16.2. The number of ether oxygens (including phenoxy) is 3. The fourth-order valence-electron chi connectivity index (χ4n) is 2.66. The summed E-state index contributed by atoms with van der Waals surface area (Å²) in [6.45, 7) is 2.91. The minimum Gasteiger partial charge on any atom is -0.494 e. The highest BCUT2D eigenvalue weighted by Gasteiger charge is 2.14. The summed E-state index contributed by atoms with van der Waals surface area (Å²) in [4.78, 5) is 12.0. The molecule has 1 amide bonds. The molecule has 1 N–H and O–H groups in total. The van der Waals surface area contributed by atoms with E-state index >= 15 is 0 Å².